The number of aryl methyl sites for hydroxylation is 1. The second-order valence-corrected chi connectivity index (χ2v) is 4.63. The van der Waals surface area contributed by atoms with Crippen LogP contribution in [-0.4, -0.2) is 22.8 Å². The lowest BCUT2D eigenvalue weighted by Crippen LogP contribution is -2.14. The number of carbonyl (C=O) groups is 1. The zero-order chi connectivity index (χ0) is 13.0. The average Bonchev–Trinajstić information content (AvgIpc) is 2.21. The molecule has 0 heterocycles. The molecular formula is C10H11ClN2O3S. The van der Waals surface area contributed by atoms with Crippen molar-refractivity contribution in [2.24, 2.45) is 0 Å². The first kappa shape index (κ1) is 13.8. The van der Waals surface area contributed by atoms with E-state index in [0.717, 1.165) is 0 Å². The van der Waals surface area contributed by atoms with Gasteiger partial charge in [-0.2, -0.15) is 11.8 Å². The minimum absolute atomic E-state index is 0.0652. The Bertz CT molecular complexity index is 465. The highest BCUT2D eigenvalue weighted by Crippen LogP contribution is 2.30. The van der Waals surface area contributed by atoms with Crippen molar-refractivity contribution in [1.82, 2.24) is 0 Å². The van der Waals surface area contributed by atoms with Gasteiger partial charge in [0.05, 0.1) is 16.4 Å². The normalized spacial score (nSPS) is 10.1. The lowest BCUT2D eigenvalue weighted by Gasteiger charge is -2.08. The van der Waals surface area contributed by atoms with Gasteiger partial charge in [-0.15, -0.1) is 0 Å². The molecule has 92 valence electrons. The maximum Gasteiger partial charge on any atom is 0.289 e. The predicted molar refractivity (Wildman–Crippen MR) is 69.9 cm³/mol. The first-order valence-electron chi connectivity index (χ1n) is 4.69. The highest BCUT2D eigenvalue weighted by molar-refractivity contribution is 7.99. The van der Waals surface area contributed by atoms with E-state index in [1.165, 1.54) is 23.9 Å². The summed E-state index contributed by atoms with van der Waals surface area (Å²) in [4.78, 5) is 21.5. The van der Waals surface area contributed by atoms with Gasteiger partial charge < -0.3 is 5.32 Å². The number of rotatable bonds is 4. The number of hydrogen-bond donors (Lipinski definition) is 1. The molecule has 1 aromatic carbocycles. The number of nitrogens with one attached hydrogen (secondary N) is 1. The van der Waals surface area contributed by atoms with Crippen molar-refractivity contribution in [3.63, 3.8) is 0 Å². The summed E-state index contributed by atoms with van der Waals surface area (Å²) in [6.45, 7) is 1.73. The summed E-state index contributed by atoms with van der Waals surface area (Å²) in [5.74, 6) is 0.104. The summed E-state index contributed by atoms with van der Waals surface area (Å²) in [5.41, 5.74) is 0.895. The van der Waals surface area contributed by atoms with E-state index in [1.807, 2.05) is 0 Å². The van der Waals surface area contributed by atoms with Gasteiger partial charge in [0.25, 0.3) is 5.69 Å². The van der Waals surface area contributed by atoms with Crippen LogP contribution in [0.1, 0.15) is 5.56 Å². The minimum atomic E-state index is -0.577. The van der Waals surface area contributed by atoms with E-state index in [9.17, 15) is 14.9 Å². The number of amides is 1. The first-order valence-corrected chi connectivity index (χ1v) is 6.46. The van der Waals surface area contributed by atoms with E-state index in [1.54, 1.807) is 13.2 Å². The van der Waals surface area contributed by atoms with E-state index in [-0.39, 0.29) is 16.6 Å². The molecule has 17 heavy (non-hydrogen) atoms. The van der Waals surface area contributed by atoms with Crippen LogP contribution >= 0.6 is 23.4 Å². The molecule has 0 saturated heterocycles. The highest BCUT2D eigenvalue weighted by atomic mass is 35.5. The highest BCUT2D eigenvalue weighted by Gasteiger charge is 2.16. The number of nitro benzene ring substituents is 1. The zero-order valence-electron chi connectivity index (χ0n) is 9.32. The summed E-state index contributed by atoms with van der Waals surface area (Å²) >= 11 is 7.11. The van der Waals surface area contributed by atoms with E-state index >= 15 is 0 Å². The van der Waals surface area contributed by atoms with Gasteiger partial charge in [-0.1, -0.05) is 11.6 Å². The van der Waals surface area contributed by atoms with Crippen molar-refractivity contribution in [3.05, 3.63) is 32.8 Å². The third kappa shape index (κ3) is 3.61. The molecule has 0 fully saturated rings. The van der Waals surface area contributed by atoms with Crippen molar-refractivity contribution in [3.8, 4) is 0 Å². The molecule has 1 aromatic rings. The van der Waals surface area contributed by atoms with Gasteiger partial charge in [0.1, 0.15) is 5.02 Å². The van der Waals surface area contributed by atoms with Gasteiger partial charge >= 0.3 is 0 Å². The number of halogens is 1. The topological polar surface area (TPSA) is 72.2 Å². The number of carbonyl (C=O) groups excluding carboxylic acids is 1. The van der Waals surface area contributed by atoms with Crippen molar-refractivity contribution in [2.75, 3.05) is 17.3 Å². The molecule has 0 aliphatic heterocycles. The number of benzene rings is 1. The Hall–Kier alpha value is -1.27. The van der Waals surface area contributed by atoms with E-state index in [2.05, 4.69) is 5.32 Å². The summed E-state index contributed by atoms with van der Waals surface area (Å²) in [5, 5.41) is 13.4. The molecule has 0 atom stereocenters. The quantitative estimate of drug-likeness (QED) is 0.677. The van der Waals surface area contributed by atoms with Gasteiger partial charge in [-0.25, -0.2) is 0 Å². The third-order valence-corrected chi connectivity index (χ3v) is 2.89. The second-order valence-electron chi connectivity index (χ2n) is 3.36. The van der Waals surface area contributed by atoms with Crippen molar-refractivity contribution >= 4 is 40.6 Å². The largest absolute Gasteiger partial charge is 0.325 e. The molecule has 0 unspecified atom stereocenters. The van der Waals surface area contributed by atoms with Crippen LogP contribution in [0.2, 0.25) is 5.02 Å². The molecule has 1 rings (SSSR count). The fraction of sp³-hybridized carbons (Fsp3) is 0.300. The number of nitro groups is 1. The van der Waals surface area contributed by atoms with Crippen LogP contribution in [0, 0.1) is 17.0 Å². The first-order chi connectivity index (χ1) is 7.95. The van der Waals surface area contributed by atoms with Gasteiger partial charge in [0, 0.05) is 6.07 Å². The molecule has 7 heteroatoms. The fourth-order valence-electron chi connectivity index (χ4n) is 1.25. The Balaban J connectivity index is 3.03. The number of hydrogen-bond acceptors (Lipinski definition) is 4. The molecule has 0 saturated carbocycles. The van der Waals surface area contributed by atoms with E-state index < -0.39 is 4.92 Å². The van der Waals surface area contributed by atoms with Crippen LogP contribution in [0.15, 0.2) is 12.1 Å². The van der Waals surface area contributed by atoms with Crippen LogP contribution in [0.25, 0.3) is 0 Å². The lowest BCUT2D eigenvalue weighted by atomic mass is 10.2. The molecule has 0 radical (unpaired) electrons. The monoisotopic (exact) mass is 274 g/mol. The molecule has 0 spiro atoms. The van der Waals surface area contributed by atoms with Gasteiger partial charge in [-0.3, -0.25) is 14.9 Å². The molecule has 1 amide bonds. The van der Waals surface area contributed by atoms with Crippen LogP contribution in [0.5, 0.6) is 0 Å². The summed E-state index contributed by atoms with van der Waals surface area (Å²) in [6.07, 6.45) is 1.80. The van der Waals surface area contributed by atoms with Gasteiger partial charge in [0.15, 0.2) is 0 Å². The average molecular weight is 275 g/mol. The molecule has 0 aromatic heterocycles. The zero-order valence-corrected chi connectivity index (χ0v) is 10.9. The Labute approximate surface area is 108 Å². The van der Waals surface area contributed by atoms with Gasteiger partial charge in [-0.05, 0) is 24.8 Å². The number of nitrogens with zero attached hydrogens (tertiary/aromatic N) is 1. The maximum atomic E-state index is 11.4. The molecule has 0 aliphatic carbocycles. The van der Waals surface area contributed by atoms with E-state index in [0.29, 0.717) is 17.0 Å². The molecule has 1 N–H and O–H groups in total. The maximum absolute atomic E-state index is 11.4. The van der Waals surface area contributed by atoms with E-state index in [4.69, 9.17) is 11.6 Å². The fourth-order valence-corrected chi connectivity index (χ4v) is 1.87. The third-order valence-electron chi connectivity index (χ3n) is 2.04. The van der Waals surface area contributed by atoms with Crippen LogP contribution in [0.4, 0.5) is 11.4 Å². The second kappa shape index (κ2) is 5.88. The smallest absolute Gasteiger partial charge is 0.289 e. The van der Waals surface area contributed by atoms with Crippen molar-refractivity contribution < 1.29 is 9.72 Å². The number of thioether (sulfide) groups is 1. The Morgan fingerprint density at radius 2 is 2.24 bits per heavy atom. The molecular weight excluding hydrogens is 264 g/mol. The van der Waals surface area contributed by atoms with Crippen LogP contribution < -0.4 is 5.32 Å². The molecule has 0 aliphatic rings. The SMILES string of the molecule is CSCC(=O)Nc1cc([N+](=O)[O-])c(Cl)cc1C. The lowest BCUT2D eigenvalue weighted by molar-refractivity contribution is -0.384. The summed E-state index contributed by atoms with van der Waals surface area (Å²) in [7, 11) is 0. The van der Waals surface area contributed by atoms with Crippen LogP contribution in [0.3, 0.4) is 0 Å². The van der Waals surface area contributed by atoms with Crippen molar-refractivity contribution in [2.45, 2.75) is 6.92 Å². The Kier molecular flexibility index (Phi) is 4.77. The predicted octanol–water partition coefficient (Wildman–Crippen LogP) is 2.86. The minimum Gasteiger partial charge on any atom is -0.325 e. The molecule has 5 nitrogen and oxygen atoms in total. The standard InChI is InChI=1S/C10H11ClN2O3S/c1-6-3-7(11)9(13(15)16)4-8(6)12-10(14)5-17-2/h3-4H,5H2,1-2H3,(H,12,14). The summed E-state index contributed by atoms with van der Waals surface area (Å²) < 4.78 is 0. The van der Waals surface area contributed by atoms with Crippen molar-refractivity contribution in [1.29, 1.82) is 0 Å². The summed E-state index contributed by atoms with van der Waals surface area (Å²) in [6, 6.07) is 2.74. The molecule has 0 bridgehead atoms. The van der Waals surface area contributed by atoms with Gasteiger partial charge in [0.2, 0.25) is 5.91 Å². The van der Waals surface area contributed by atoms with Crippen LogP contribution in [-0.2, 0) is 4.79 Å². The Morgan fingerprint density at radius 3 is 2.76 bits per heavy atom. The Morgan fingerprint density at radius 1 is 1.59 bits per heavy atom. The number of anilines is 1.